The molecular weight excluding hydrogens is 711 g/mol. The van der Waals surface area contributed by atoms with Crippen molar-refractivity contribution in [1.82, 2.24) is 14.0 Å². The number of fused-ring (bicyclic) bond motifs is 15. The topological polar surface area (TPSA) is 22.2 Å². The number of aromatic nitrogens is 3. The number of hydrogen-bond donors (Lipinski definition) is 0. The van der Waals surface area contributed by atoms with Crippen LogP contribution in [0.1, 0.15) is 0 Å². The summed E-state index contributed by atoms with van der Waals surface area (Å²) in [7, 11) is 0. The van der Waals surface area contributed by atoms with Crippen LogP contribution in [0.3, 0.4) is 0 Å². The van der Waals surface area contributed by atoms with Crippen LogP contribution in [0, 0.1) is 0 Å². The molecule has 13 aromatic rings. The van der Waals surface area contributed by atoms with Crippen LogP contribution < -0.4 is 0 Å². The Morgan fingerprint density at radius 2 is 0.965 bits per heavy atom. The van der Waals surface area contributed by atoms with Crippen molar-refractivity contribution >= 4 is 102 Å². The Morgan fingerprint density at radius 1 is 0.368 bits per heavy atom. The lowest BCUT2D eigenvalue weighted by atomic mass is 10.0. The number of pyridine rings is 1. The van der Waals surface area contributed by atoms with E-state index in [2.05, 4.69) is 197 Å². The molecule has 4 aromatic heterocycles. The fraction of sp³-hybridized carbons (Fsp3) is 0. The summed E-state index contributed by atoms with van der Waals surface area (Å²) < 4.78 is 7.30. The van der Waals surface area contributed by atoms with Gasteiger partial charge in [-0.25, -0.2) is 4.98 Å². The van der Waals surface area contributed by atoms with E-state index in [9.17, 15) is 0 Å². The molecule has 9 aromatic carbocycles. The molecular formula is C53H31N3S. The van der Waals surface area contributed by atoms with Crippen molar-refractivity contribution in [1.29, 1.82) is 0 Å². The summed E-state index contributed by atoms with van der Waals surface area (Å²) >= 11 is 1.86. The number of para-hydroxylation sites is 2. The molecule has 0 atom stereocenters. The molecule has 4 heteroatoms. The highest BCUT2D eigenvalue weighted by Crippen LogP contribution is 2.44. The Balaban J connectivity index is 0.994. The molecule has 0 radical (unpaired) electrons. The first-order chi connectivity index (χ1) is 28.2. The van der Waals surface area contributed by atoms with Crippen molar-refractivity contribution in [2.75, 3.05) is 0 Å². The minimum Gasteiger partial charge on any atom is -0.309 e. The van der Waals surface area contributed by atoms with Crippen molar-refractivity contribution in [2.24, 2.45) is 0 Å². The first-order valence-electron chi connectivity index (χ1n) is 19.5. The second-order valence-electron chi connectivity index (χ2n) is 15.2. The maximum Gasteiger partial charge on any atom is 0.156 e. The normalized spacial score (nSPS) is 12.2. The maximum atomic E-state index is 5.54. The van der Waals surface area contributed by atoms with E-state index in [1.807, 2.05) is 11.3 Å². The number of benzene rings is 9. The predicted octanol–water partition coefficient (Wildman–Crippen LogP) is 14.7. The summed E-state index contributed by atoms with van der Waals surface area (Å²) in [6, 6.07) is 68.9. The van der Waals surface area contributed by atoms with E-state index >= 15 is 0 Å². The first kappa shape index (κ1) is 31.0. The van der Waals surface area contributed by atoms with Gasteiger partial charge in [-0.15, -0.1) is 11.3 Å². The van der Waals surface area contributed by atoms with Crippen LogP contribution in [-0.4, -0.2) is 14.0 Å². The standard InChI is InChI=1S/C53H31N3S/c1-2-11-37-30-44-38(29-36(37)10-1)24-28-48-50(44)54-53-52-45(43-27-23-34-9-3-4-12-40(34)51(43)57-52)31-49(56(48)53)35-19-17-32(18-20-35)33-21-25-39(26-22-33)55-46-15-7-5-13-41(46)42-14-6-8-16-47(42)55/h1-31H. The average Bonchev–Trinajstić information content (AvgIpc) is 3.96. The van der Waals surface area contributed by atoms with E-state index in [1.165, 1.54) is 85.4 Å². The first-order valence-corrected chi connectivity index (χ1v) is 20.3. The van der Waals surface area contributed by atoms with Crippen LogP contribution in [0.25, 0.3) is 119 Å². The SMILES string of the molecule is c1ccc2cc3c(ccc4c3nc3c5sc6c7ccccc7ccc6c5cc(-c5ccc(-c6ccc(-n7c8ccccc8c8ccccc87)cc6)cc5)n43)cc2c1. The zero-order chi connectivity index (χ0) is 37.2. The minimum atomic E-state index is 1.01. The van der Waals surface area contributed by atoms with Crippen LogP contribution in [0.5, 0.6) is 0 Å². The van der Waals surface area contributed by atoms with Gasteiger partial charge in [-0.2, -0.15) is 0 Å². The highest BCUT2D eigenvalue weighted by Gasteiger charge is 2.20. The van der Waals surface area contributed by atoms with E-state index in [-0.39, 0.29) is 0 Å². The van der Waals surface area contributed by atoms with E-state index in [4.69, 9.17) is 4.98 Å². The molecule has 0 saturated carbocycles. The largest absolute Gasteiger partial charge is 0.309 e. The van der Waals surface area contributed by atoms with Crippen LogP contribution in [-0.2, 0) is 0 Å². The molecule has 0 fully saturated rings. The summed E-state index contributed by atoms with van der Waals surface area (Å²) in [6.45, 7) is 0. The van der Waals surface area contributed by atoms with Gasteiger partial charge in [0.2, 0.25) is 0 Å². The number of thiophene rings is 1. The molecule has 0 bridgehead atoms. The molecule has 0 aliphatic rings. The van der Waals surface area contributed by atoms with Crippen LogP contribution in [0.2, 0.25) is 0 Å². The van der Waals surface area contributed by atoms with Crippen molar-refractivity contribution in [3.05, 3.63) is 188 Å². The van der Waals surface area contributed by atoms with Gasteiger partial charge in [-0.05, 0) is 92.2 Å². The fourth-order valence-electron chi connectivity index (χ4n) is 9.36. The van der Waals surface area contributed by atoms with Crippen LogP contribution in [0.15, 0.2) is 188 Å². The van der Waals surface area contributed by atoms with Gasteiger partial charge in [0.1, 0.15) is 0 Å². The third-order valence-electron chi connectivity index (χ3n) is 12.1. The molecule has 264 valence electrons. The molecule has 0 aliphatic carbocycles. The number of rotatable bonds is 3. The van der Waals surface area contributed by atoms with Crippen molar-refractivity contribution < 1.29 is 0 Å². The molecule has 0 amide bonds. The van der Waals surface area contributed by atoms with Gasteiger partial charge in [-0.1, -0.05) is 140 Å². The van der Waals surface area contributed by atoms with E-state index in [0.29, 0.717) is 0 Å². The summed E-state index contributed by atoms with van der Waals surface area (Å²) in [5.41, 5.74) is 11.4. The Bertz CT molecular complexity index is 3740. The van der Waals surface area contributed by atoms with E-state index in [0.717, 1.165) is 33.6 Å². The minimum absolute atomic E-state index is 1.01. The van der Waals surface area contributed by atoms with Gasteiger partial charge in [0.25, 0.3) is 0 Å². The van der Waals surface area contributed by atoms with E-state index < -0.39 is 0 Å². The van der Waals surface area contributed by atoms with Gasteiger partial charge in [-0.3, -0.25) is 4.40 Å². The third kappa shape index (κ3) is 4.44. The molecule has 0 N–H and O–H groups in total. The molecule has 0 saturated heterocycles. The lowest BCUT2D eigenvalue weighted by Crippen LogP contribution is -1.94. The second-order valence-corrected chi connectivity index (χ2v) is 16.2. The summed E-state index contributed by atoms with van der Waals surface area (Å²) in [4.78, 5) is 5.54. The molecule has 0 unspecified atom stereocenters. The highest BCUT2D eigenvalue weighted by molar-refractivity contribution is 7.27. The molecule has 0 aliphatic heterocycles. The zero-order valence-corrected chi connectivity index (χ0v) is 31.5. The van der Waals surface area contributed by atoms with Gasteiger partial charge < -0.3 is 4.57 Å². The van der Waals surface area contributed by atoms with Crippen LogP contribution in [0.4, 0.5) is 0 Å². The smallest absolute Gasteiger partial charge is 0.156 e. The molecule has 13 rings (SSSR count). The van der Waals surface area contributed by atoms with Gasteiger partial charge in [0.05, 0.1) is 32.5 Å². The third-order valence-corrected chi connectivity index (χ3v) is 13.3. The molecule has 57 heavy (non-hydrogen) atoms. The Kier molecular flexibility index (Phi) is 6.32. The summed E-state index contributed by atoms with van der Waals surface area (Å²) in [5.74, 6) is 0. The van der Waals surface area contributed by atoms with Gasteiger partial charge >= 0.3 is 0 Å². The van der Waals surface area contributed by atoms with Gasteiger partial charge in [0.15, 0.2) is 5.65 Å². The zero-order valence-electron chi connectivity index (χ0n) is 30.6. The maximum absolute atomic E-state index is 5.54. The molecule has 0 spiro atoms. The monoisotopic (exact) mass is 741 g/mol. The lowest BCUT2D eigenvalue weighted by molar-refractivity contribution is 1.18. The van der Waals surface area contributed by atoms with Gasteiger partial charge in [0, 0.05) is 37.3 Å². The van der Waals surface area contributed by atoms with Crippen molar-refractivity contribution in [3.63, 3.8) is 0 Å². The fourth-order valence-corrected chi connectivity index (χ4v) is 10.7. The lowest BCUT2D eigenvalue weighted by Gasteiger charge is -2.11. The molecule has 3 nitrogen and oxygen atoms in total. The molecule has 4 heterocycles. The van der Waals surface area contributed by atoms with Crippen molar-refractivity contribution in [2.45, 2.75) is 0 Å². The Morgan fingerprint density at radius 3 is 1.70 bits per heavy atom. The highest BCUT2D eigenvalue weighted by atomic mass is 32.1. The number of hydrogen-bond acceptors (Lipinski definition) is 2. The van der Waals surface area contributed by atoms with Crippen LogP contribution >= 0.6 is 11.3 Å². The number of nitrogens with zero attached hydrogens (tertiary/aromatic N) is 3. The average molecular weight is 742 g/mol. The Labute approximate surface area is 330 Å². The number of imidazole rings is 1. The Hall–Kier alpha value is -7.27. The van der Waals surface area contributed by atoms with E-state index in [1.54, 1.807) is 0 Å². The summed E-state index contributed by atoms with van der Waals surface area (Å²) in [6.07, 6.45) is 0. The quantitative estimate of drug-likeness (QED) is 0.165. The second kappa shape index (κ2) is 11.6. The van der Waals surface area contributed by atoms with Crippen molar-refractivity contribution in [3.8, 4) is 28.1 Å². The predicted molar refractivity (Wildman–Crippen MR) is 243 cm³/mol. The summed E-state index contributed by atoms with van der Waals surface area (Å²) in [5, 5.41) is 12.5.